The lowest BCUT2D eigenvalue weighted by molar-refractivity contribution is 0.439. The van der Waals surface area contributed by atoms with Crippen LogP contribution < -0.4 is 11.3 Å². The van der Waals surface area contributed by atoms with Crippen molar-refractivity contribution in [1.82, 2.24) is 4.31 Å². The first-order chi connectivity index (χ1) is 8.41. The monoisotopic (exact) mass is 268 g/mol. The maximum atomic E-state index is 12.1. The second-order valence-electron chi connectivity index (χ2n) is 3.98. The van der Waals surface area contributed by atoms with E-state index in [1.54, 1.807) is 19.1 Å². The largest absolute Gasteiger partial charge is 0.324 e. The fourth-order valence-electron chi connectivity index (χ4n) is 1.43. The molecule has 3 N–H and O–H groups in total. The second kappa shape index (κ2) is 5.82. The predicted molar refractivity (Wildman–Crippen MR) is 68.8 cm³/mol. The third-order valence-corrected chi connectivity index (χ3v) is 4.32. The predicted octanol–water partition coefficient (Wildman–Crippen LogP) is 0.752. The van der Waals surface area contributed by atoms with E-state index in [1.165, 1.54) is 23.5 Å². The number of sulfonamides is 1. The van der Waals surface area contributed by atoms with Crippen LogP contribution in [0.1, 0.15) is 6.92 Å². The molecule has 0 bridgehead atoms. The van der Waals surface area contributed by atoms with Gasteiger partial charge in [0, 0.05) is 19.3 Å². The van der Waals surface area contributed by atoms with Crippen molar-refractivity contribution in [3.8, 4) is 6.07 Å². The van der Waals surface area contributed by atoms with Gasteiger partial charge in [0.05, 0.1) is 16.9 Å². The van der Waals surface area contributed by atoms with E-state index < -0.39 is 10.0 Å². The lowest BCUT2D eigenvalue weighted by Crippen LogP contribution is -2.30. The Labute approximate surface area is 107 Å². The summed E-state index contributed by atoms with van der Waals surface area (Å²) in [6, 6.07) is 8.10. The van der Waals surface area contributed by atoms with E-state index in [0.717, 1.165) is 0 Å². The zero-order chi connectivity index (χ0) is 13.8. The van der Waals surface area contributed by atoms with Gasteiger partial charge in [-0.15, -0.1) is 0 Å². The highest BCUT2D eigenvalue weighted by molar-refractivity contribution is 7.89. The van der Waals surface area contributed by atoms with Crippen LogP contribution in [0.2, 0.25) is 0 Å². The lowest BCUT2D eigenvalue weighted by atomic mass is 10.2. The molecule has 0 spiro atoms. The second-order valence-corrected chi connectivity index (χ2v) is 6.03. The van der Waals surface area contributed by atoms with Gasteiger partial charge < -0.3 is 5.43 Å². The molecule has 0 amide bonds. The average molecular weight is 268 g/mol. The van der Waals surface area contributed by atoms with E-state index in [9.17, 15) is 8.42 Å². The van der Waals surface area contributed by atoms with E-state index in [0.29, 0.717) is 5.69 Å². The summed E-state index contributed by atoms with van der Waals surface area (Å²) in [6.07, 6.45) is 0. The molecule has 6 nitrogen and oxygen atoms in total. The van der Waals surface area contributed by atoms with E-state index >= 15 is 0 Å². The summed E-state index contributed by atoms with van der Waals surface area (Å²) in [5, 5.41) is 8.69. The Morgan fingerprint density at radius 3 is 2.44 bits per heavy atom. The molecule has 0 radical (unpaired) electrons. The number of hydrogen-bond acceptors (Lipinski definition) is 5. The molecular formula is C11H16N4O2S. The zero-order valence-electron chi connectivity index (χ0n) is 10.3. The van der Waals surface area contributed by atoms with Crippen molar-refractivity contribution in [1.29, 1.82) is 5.26 Å². The van der Waals surface area contributed by atoms with Crippen LogP contribution in [-0.4, -0.2) is 26.3 Å². The number of nitrogens with two attached hydrogens (primary N) is 1. The molecule has 0 saturated heterocycles. The Bertz CT molecular complexity index is 533. The van der Waals surface area contributed by atoms with E-state index in [2.05, 4.69) is 5.43 Å². The molecule has 0 saturated carbocycles. The molecule has 18 heavy (non-hydrogen) atoms. The topological polar surface area (TPSA) is 99.2 Å². The minimum absolute atomic E-state index is 0.162. The molecule has 1 aromatic rings. The molecule has 1 rings (SSSR count). The highest BCUT2D eigenvalue weighted by atomic mass is 32.2. The number of anilines is 1. The van der Waals surface area contributed by atoms with Gasteiger partial charge in [-0.05, 0) is 31.2 Å². The van der Waals surface area contributed by atoms with E-state index in [-0.39, 0.29) is 17.4 Å². The van der Waals surface area contributed by atoms with E-state index in [1.807, 2.05) is 6.07 Å². The Hall–Kier alpha value is -1.62. The van der Waals surface area contributed by atoms with Gasteiger partial charge in [-0.2, -0.15) is 9.57 Å². The van der Waals surface area contributed by atoms with Crippen molar-refractivity contribution in [3.63, 3.8) is 0 Å². The molecule has 1 unspecified atom stereocenters. The van der Waals surface area contributed by atoms with Crippen LogP contribution in [0.4, 0.5) is 5.69 Å². The molecule has 0 fully saturated rings. The summed E-state index contributed by atoms with van der Waals surface area (Å²) in [4.78, 5) is 0.175. The summed E-state index contributed by atoms with van der Waals surface area (Å²) >= 11 is 0. The van der Waals surface area contributed by atoms with Gasteiger partial charge >= 0.3 is 0 Å². The molecule has 0 aliphatic heterocycles. The van der Waals surface area contributed by atoms with Crippen molar-refractivity contribution in [2.24, 2.45) is 11.8 Å². The first-order valence-corrected chi connectivity index (χ1v) is 6.78. The minimum atomic E-state index is -3.56. The maximum Gasteiger partial charge on any atom is 0.242 e. The SMILES string of the molecule is CC(C#N)CN(C)S(=O)(=O)c1ccc(NN)cc1. The Kier molecular flexibility index (Phi) is 4.67. The molecule has 1 aromatic carbocycles. The fourth-order valence-corrected chi connectivity index (χ4v) is 2.69. The fraction of sp³-hybridized carbons (Fsp3) is 0.364. The van der Waals surface area contributed by atoms with Crippen LogP contribution in [0.5, 0.6) is 0 Å². The molecule has 0 aliphatic rings. The summed E-state index contributed by atoms with van der Waals surface area (Å²) in [7, 11) is -2.10. The standard InChI is InChI=1S/C11H16N4O2S/c1-9(7-12)8-15(2)18(16,17)11-5-3-10(14-13)4-6-11/h3-6,9,14H,8,13H2,1-2H3. The summed E-state index contributed by atoms with van der Waals surface area (Å²) in [5.41, 5.74) is 3.05. The van der Waals surface area contributed by atoms with Gasteiger partial charge in [0.2, 0.25) is 10.0 Å². The van der Waals surface area contributed by atoms with Gasteiger partial charge in [-0.25, -0.2) is 8.42 Å². The summed E-state index contributed by atoms with van der Waals surface area (Å²) in [6.45, 7) is 1.84. The smallest absolute Gasteiger partial charge is 0.242 e. The van der Waals surface area contributed by atoms with Gasteiger partial charge in [0.1, 0.15) is 0 Å². The number of rotatable bonds is 5. The third kappa shape index (κ3) is 3.20. The van der Waals surface area contributed by atoms with Gasteiger partial charge in [-0.1, -0.05) is 0 Å². The molecular weight excluding hydrogens is 252 g/mol. The van der Waals surface area contributed by atoms with Crippen LogP contribution in [0.25, 0.3) is 0 Å². The molecule has 0 aromatic heterocycles. The molecule has 98 valence electrons. The average Bonchev–Trinajstić information content (AvgIpc) is 2.38. The number of nitrogen functional groups attached to an aromatic ring is 1. The van der Waals surface area contributed by atoms with E-state index in [4.69, 9.17) is 11.1 Å². The van der Waals surface area contributed by atoms with Crippen molar-refractivity contribution in [2.75, 3.05) is 19.0 Å². The van der Waals surface area contributed by atoms with Crippen molar-refractivity contribution < 1.29 is 8.42 Å². The molecule has 1 atom stereocenters. The first-order valence-electron chi connectivity index (χ1n) is 5.34. The number of hydrogen-bond donors (Lipinski definition) is 2. The normalized spacial score (nSPS) is 13.1. The maximum absolute atomic E-state index is 12.1. The lowest BCUT2D eigenvalue weighted by Gasteiger charge is -2.18. The van der Waals surface area contributed by atoms with Gasteiger partial charge in [-0.3, -0.25) is 5.84 Å². The number of nitrogens with one attached hydrogen (secondary N) is 1. The van der Waals surface area contributed by atoms with Crippen LogP contribution >= 0.6 is 0 Å². The van der Waals surface area contributed by atoms with Crippen LogP contribution in [0.3, 0.4) is 0 Å². The number of nitriles is 1. The highest BCUT2D eigenvalue weighted by Crippen LogP contribution is 2.17. The van der Waals surface area contributed by atoms with Crippen molar-refractivity contribution >= 4 is 15.7 Å². The Morgan fingerprint density at radius 1 is 1.44 bits per heavy atom. The number of hydrazine groups is 1. The quantitative estimate of drug-likeness (QED) is 0.606. The van der Waals surface area contributed by atoms with Crippen LogP contribution in [-0.2, 0) is 10.0 Å². The third-order valence-electron chi connectivity index (χ3n) is 2.48. The highest BCUT2D eigenvalue weighted by Gasteiger charge is 2.22. The van der Waals surface area contributed by atoms with Crippen molar-refractivity contribution in [3.05, 3.63) is 24.3 Å². The summed E-state index contributed by atoms with van der Waals surface area (Å²) in [5.74, 6) is 4.85. The van der Waals surface area contributed by atoms with Crippen LogP contribution in [0.15, 0.2) is 29.2 Å². The molecule has 0 heterocycles. The minimum Gasteiger partial charge on any atom is -0.324 e. The zero-order valence-corrected chi connectivity index (χ0v) is 11.1. The molecule has 0 aliphatic carbocycles. The van der Waals surface area contributed by atoms with Crippen LogP contribution in [0, 0.1) is 17.2 Å². The van der Waals surface area contributed by atoms with Crippen molar-refractivity contribution in [2.45, 2.75) is 11.8 Å². The molecule has 7 heteroatoms. The number of nitrogens with zero attached hydrogens (tertiary/aromatic N) is 2. The number of benzene rings is 1. The van der Waals surface area contributed by atoms with Gasteiger partial charge in [0.25, 0.3) is 0 Å². The summed E-state index contributed by atoms with van der Waals surface area (Å²) < 4.78 is 25.5. The Morgan fingerprint density at radius 2 is 2.00 bits per heavy atom. The first kappa shape index (κ1) is 14.4. The Balaban J connectivity index is 2.95. The van der Waals surface area contributed by atoms with Gasteiger partial charge in [0.15, 0.2) is 0 Å².